The van der Waals surface area contributed by atoms with E-state index in [2.05, 4.69) is 27.8 Å². The molecule has 0 atom stereocenters. The van der Waals surface area contributed by atoms with Gasteiger partial charge in [0, 0.05) is 16.9 Å². The number of para-hydroxylation sites is 1. The van der Waals surface area contributed by atoms with Gasteiger partial charge in [0.1, 0.15) is 19.0 Å². The third-order valence-electron chi connectivity index (χ3n) is 3.97. The van der Waals surface area contributed by atoms with Gasteiger partial charge in [0.25, 0.3) is 5.56 Å². The van der Waals surface area contributed by atoms with Gasteiger partial charge in [-0.1, -0.05) is 46.0 Å². The van der Waals surface area contributed by atoms with E-state index in [4.69, 9.17) is 9.47 Å². The lowest BCUT2D eigenvalue weighted by atomic mass is 10.2. The maximum atomic E-state index is 12.4. The molecule has 132 valence electrons. The second-order valence-corrected chi connectivity index (χ2v) is 6.69. The van der Waals surface area contributed by atoms with Gasteiger partial charge in [-0.05, 0) is 42.8 Å². The molecule has 1 heterocycles. The molecule has 26 heavy (non-hydrogen) atoms. The Labute approximate surface area is 160 Å². The lowest BCUT2D eigenvalue weighted by molar-refractivity contribution is 0.357. The highest BCUT2D eigenvalue weighted by atomic mass is 79.9. The number of hydrogen-bond donors (Lipinski definition) is 0. The Morgan fingerprint density at radius 3 is 2.42 bits per heavy atom. The molecule has 0 spiro atoms. The van der Waals surface area contributed by atoms with Crippen LogP contribution in [0.3, 0.4) is 0 Å². The summed E-state index contributed by atoms with van der Waals surface area (Å²) in [6.07, 6.45) is 0. The molecule has 0 aliphatic heterocycles. The molecule has 0 fully saturated rings. The molecule has 0 radical (unpaired) electrons. The van der Waals surface area contributed by atoms with Crippen LogP contribution in [0.15, 0.2) is 57.8 Å². The minimum atomic E-state index is -0.183. The van der Waals surface area contributed by atoms with E-state index in [0.29, 0.717) is 0 Å². The van der Waals surface area contributed by atoms with Gasteiger partial charge in [0.15, 0.2) is 5.75 Å². The fourth-order valence-electron chi connectivity index (χ4n) is 2.58. The number of aryl methyl sites for hydroxylation is 2. The Morgan fingerprint density at radius 2 is 1.69 bits per heavy atom. The third-order valence-corrected chi connectivity index (χ3v) is 4.46. The number of pyridine rings is 1. The number of rotatable bonds is 4. The lowest BCUT2D eigenvalue weighted by Gasteiger charge is -2.09. The van der Waals surface area contributed by atoms with Crippen LogP contribution in [0.4, 0.5) is 0 Å². The Balaban J connectivity index is 1.65. The zero-order valence-electron chi connectivity index (χ0n) is 14.6. The van der Waals surface area contributed by atoms with Crippen LogP contribution in [0.5, 0.6) is 11.5 Å². The minimum Gasteiger partial charge on any atom is -0.481 e. The topological polar surface area (TPSA) is 40.5 Å². The van der Waals surface area contributed by atoms with Crippen LogP contribution in [0.2, 0.25) is 0 Å². The van der Waals surface area contributed by atoms with Crippen LogP contribution in [0.25, 0.3) is 10.9 Å². The van der Waals surface area contributed by atoms with Crippen molar-refractivity contribution in [2.75, 3.05) is 13.2 Å². The zero-order valence-corrected chi connectivity index (χ0v) is 16.2. The molecular weight excluding hydrogens is 394 g/mol. The van der Waals surface area contributed by atoms with Gasteiger partial charge in [0.05, 0.1) is 5.52 Å². The normalized spacial score (nSPS) is 10.3. The van der Waals surface area contributed by atoms with Gasteiger partial charge in [-0.15, -0.1) is 0 Å². The largest absolute Gasteiger partial charge is 0.481 e. The van der Waals surface area contributed by atoms with Crippen molar-refractivity contribution < 1.29 is 9.47 Å². The first kappa shape index (κ1) is 18.1. The van der Waals surface area contributed by atoms with Crippen LogP contribution in [0.1, 0.15) is 5.56 Å². The summed E-state index contributed by atoms with van der Waals surface area (Å²) in [5.41, 5.74) is 1.73. The average molecular weight is 412 g/mol. The van der Waals surface area contributed by atoms with Crippen LogP contribution in [-0.2, 0) is 7.05 Å². The van der Waals surface area contributed by atoms with Crippen molar-refractivity contribution >= 4 is 26.8 Å². The van der Waals surface area contributed by atoms with Gasteiger partial charge in [-0.2, -0.15) is 0 Å². The van der Waals surface area contributed by atoms with Crippen molar-refractivity contribution in [2.45, 2.75) is 6.92 Å². The second-order valence-electron chi connectivity index (χ2n) is 5.77. The van der Waals surface area contributed by atoms with Gasteiger partial charge >= 0.3 is 0 Å². The minimum absolute atomic E-state index is 0.131. The molecular formula is C21H18BrNO3. The van der Waals surface area contributed by atoms with Crippen LogP contribution in [0, 0.1) is 18.8 Å². The first-order chi connectivity index (χ1) is 12.6. The van der Waals surface area contributed by atoms with Crippen molar-refractivity contribution in [3.63, 3.8) is 0 Å². The number of hydrogen-bond acceptors (Lipinski definition) is 3. The molecule has 0 amide bonds. The van der Waals surface area contributed by atoms with Crippen LogP contribution >= 0.6 is 15.9 Å². The Bertz CT molecular complexity index is 1060. The van der Waals surface area contributed by atoms with E-state index in [-0.39, 0.29) is 24.5 Å². The maximum Gasteiger partial charge on any atom is 0.293 e. The molecule has 0 aliphatic carbocycles. The molecule has 0 bridgehead atoms. The van der Waals surface area contributed by atoms with Crippen LogP contribution < -0.4 is 15.0 Å². The molecule has 0 saturated heterocycles. The highest BCUT2D eigenvalue weighted by molar-refractivity contribution is 9.10. The van der Waals surface area contributed by atoms with Gasteiger partial charge in [-0.3, -0.25) is 4.79 Å². The summed E-state index contributed by atoms with van der Waals surface area (Å²) < 4.78 is 13.7. The number of ether oxygens (including phenoxy) is 2. The van der Waals surface area contributed by atoms with Crippen molar-refractivity contribution in [1.82, 2.24) is 4.57 Å². The first-order valence-corrected chi connectivity index (χ1v) is 8.92. The molecule has 1 aromatic heterocycles. The SMILES string of the molecule is Cc1ccccc1OCC#CCOc1cc2cc(Br)ccc2n(C)c1=O. The predicted molar refractivity (Wildman–Crippen MR) is 107 cm³/mol. The zero-order chi connectivity index (χ0) is 18.5. The van der Waals surface area contributed by atoms with E-state index >= 15 is 0 Å². The Hall–Kier alpha value is -2.71. The summed E-state index contributed by atoms with van der Waals surface area (Å²) >= 11 is 3.44. The standard InChI is InChI=1S/C21H18BrNO3/c1-15-7-3-4-8-19(15)25-11-5-6-12-26-20-14-16-13-17(22)9-10-18(16)23(2)21(20)24/h3-4,7-10,13-14H,11-12H2,1-2H3. The smallest absolute Gasteiger partial charge is 0.293 e. The molecule has 0 aliphatic rings. The third kappa shape index (κ3) is 4.09. The predicted octanol–water partition coefficient (Wildman–Crippen LogP) is 4.07. The van der Waals surface area contributed by atoms with E-state index in [0.717, 1.165) is 26.7 Å². The van der Waals surface area contributed by atoms with E-state index in [1.807, 2.05) is 49.4 Å². The van der Waals surface area contributed by atoms with Crippen molar-refractivity contribution in [1.29, 1.82) is 0 Å². The molecule has 2 aromatic carbocycles. The fraction of sp³-hybridized carbons (Fsp3) is 0.190. The Kier molecular flexibility index (Phi) is 5.65. The van der Waals surface area contributed by atoms with E-state index in [9.17, 15) is 4.79 Å². The van der Waals surface area contributed by atoms with Crippen molar-refractivity contribution in [2.24, 2.45) is 7.05 Å². The summed E-state index contributed by atoms with van der Waals surface area (Å²) in [6, 6.07) is 15.3. The highest BCUT2D eigenvalue weighted by Crippen LogP contribution is 2.21. The number of nitrogens with zero attached hydrogens (tertiary/aromatic N) is 1. The first-order valence-electron chi connectivity index (χ1n) is 8.12. The number of fused-ring (bicyclic) bond motifs is 1. The molecule has 0 N–H and O–H groups in total. The molecule has 0 unspecified atom stereocenters. The second kappa shape index (κ2) is 8.11. The molecule has 0 saturated carbocycles. The maximum absolute atomic E-state index is 12.4. The van der Waals surface area contributed by atoms with E-state index < -0.39 is 0 Å². The summed E-state index contributed by atoms with van der Waals surface area (Å²) in [5, 5.41) is 0.923. The van der Waals surface area contributed by atoms with Gasteiger partial charge in [-0.25, -0.2) is 0 Å². The highest BCUT2D eigenvalue weighted by Gasteiger charge is 2.07. The molecule has 4 nitrogen and oxygen atoms in total. The van der Waals surface area contributed by atoms with Gasteiger partial charge in [0.2, 0.25) is 0 Å². The van der Waals surface area contributed by atoms with E-state index in [1.54, 1.807) is 17.7 Å². The van der Waals surface area contributed by atoms with Crippen LogP contribution in [-0.4, -0.2) is 17.8 Å². The monoisotopic (exact) mass is 411 g/mol. The Morgan fingerprint density at radius 1 is 1.00 bits per heavy atom. The summed E-state index contributed by atoms with van der Waals surface area (Å²) in [5.74, 6) is 6.87. The van der Waals surface area contributed by atoms with E-state index in [1.165, 1.54) is 0 Å². The number of benzene rings is 2. The quantitative estimate of drug-likeness (QED) is 0.607. The summed E-state index contributed by atoms with van der Waals surface area (Å²) in [6.45, 7) is 2.39. The number of halogens is 1. The molecule has 3 rings (SSSR count). The summed E-state index contributed by atoms with van der Waals surface area (Å²) in [4.78, 5) is 12.4. The summed E-state index contributed by atoms with van der Waals surface area (Å²) in [7, 11) is 1.73. The molecule has 5 heteroatoms. The average Bonchev–Trinajstić information content (AvgIpc) is 2.63. The van der Waals surface area contributed by atoms with Crippen molar-refractivity contribution in [3.05, 3.63) is 68.9 Å². The van der Waals surface area contributed by atoms with Crippen molar-refractivity contribution in [3.8, 4) is 23.3 Å². The fourth-order valence-corrected chi connectivity index (χ4v) is 2.95. The number of aromatic nitrogens is 1. The molecule has 3 aromatic rings. The van der Waals surface area contributed by atoms with Gasteiger partial charge < -0.3 is 14.0 Å². The lowest BCUT2D eigenvalue weighted by Crippen LogP contribution is -2.19.